The number of nitrogens with zero attached hydrogens (tertiary/aromatic N) is 2. The number of aromatic nitrogens is 2. The van der Waals surface area contributed by atoms with Gasteiger partial charge in [0, 0.05) is 0 Å². The van der Waals surface area contributed by atoms with E-state index in [0.29, 0.717) is 0 Å². The molecule has 21 heavy (non-hydrogen) atoms. The van der Waals surface area contributed by atoms with E-state index in [0.717, 1.165) is 0 Å². The molecule has 0 spiro atoms. The van der Waals surface area contributed by atoms with Gasteiger partial charge in [0.2, 0.25) is 0 Å². The molecule has 0 saturated heterocycles. The minimum absolute atomic E-state index is 0.0548. The average molecular weight is 332 g/mol. The van der Waals surface area contributed by atoms with Gasteiger partial charge in [-0.05, 0) is 12.1 Å². The summed E-state index contributed by atoms with van der Waals surface area (Å²) in [5.41, 5.74) is 4.89. The maximum atomic E-state index is 14.3. The predicted molar refractivity (Wildman–Crippen MR) is 75.4 cm³/mol. The van der Waals surface area contributed by atoms with Crippen LogP contribution in [-0.2, 0) is 0 Å². The van der Waals surface area contributed by atoms with Crippen LogP contribution in [0.25, 0.3) is 11.4 Å². The van der Waals surface area contributed by atoms with Crippen molar-refractivity contribution in [1.29, 1.82) is 0 Å². The number of halogens is 3. The third-order valence-electron chi connectivity index (χ3n) is 2.57. The number of carboxylic acids is 1. The van der Waals surface area contributed by atoms with Crippen LogP contribution in [0.15, 0.2) is 12.1 Å². The van der Waals surface area contributed by atoms with Crippen LogP contribution in [0.3, 0.4) is 0 Å². The molecule has 6 nitrogen and oxygen atoms in total. The van der Waals surface area contributed by atoms with Crippen molar-refractivity contribution in [3.63, 3.8) is 0 Å². The van der Waals surface area contributed by atoms with Crippen molar-refractivity contribution in [2.75, 3.05) is 12.8 Å². The number of nitrogens with two attached hydrogens (primary N) is 1. The fourth-order valence-corrected chi connectivity index (χ4v) is 2.01. The molecule has 0 atom stereocenters. The normalized spacial score (nSPS) is 10.5. The number of anilines is 1. The quantitative estimate of drug-likeness (QED) is 0.897. The van der Waals surface area contributed by atoms with E-state index in [2.05, 4.69) is 9.97 Å². The Hall–Kier alpha value is -2.12. The highest BCUT2D eigenvalue weighted by atomic mass is 35.5. The number of carbonyl (C=O) groups is 1. The summed E-state index contributed by atoms with van der Waals surface area (Å²) in [6, 6.07) is 2.65. The molecule has 1 heterocycles. The zero-order chi connectivity index (χ0) is 15.7. The van der Waals surface area contributed by atoms with E-state index in [4.69, 9.17) is 38.8 Å². The summed E-state index contributed by atoms with van der Waals surface area (Å²) in [7, 11) is 1.24. The van der Waals surface area contributed by atoms with Gasteiger partial charge in [-0.2, -0.15) is 0 Å². The first-order valence-corrected chi connectivity index (χ1v) is 6.21. The lowest BCUT2D eigenvalue weighted by molar-refractivity contribution is 0.0690. The maximum absolute atomic E-state index is 14.3. The molecule has 0 unspecified atom stereocenters. The Labute approximate surface area is 128 Å². The molecule has 0 fully saturated rings. The van der Waals surface area contributed by atoms with E-state index in [1.54, 1.807) is 0 Å². The molecule has 9 heteroatoms. The van der Waals surface area contributed by atoms with Crippen molar-refractivity contribution >= 4 is 35.0 Å². The van der Waals surface area contributed by atoms with Crippen LogP contribution in [0, 0.1) is 5.82 Å². The van der Waals surface area contributed by atoms with Crippen molar-refractivity contribution in [2.24, 2.45) is 0 Å². The molecule has 0 aliphatic rings. The van der Waals surface area contributed by atoms with Gasteiger partial charge in [0.15, 0.2) is 23.1 Å². The van der Waals surface area contributed by atoms with Crippen LogP contribution >= 0.6 is 23.2 Å². The van der Waals surface area contributed by atoms with E-state index >= 15 is 0 Å². The second-order valence-electron chi connectivity index (χ2n) is 3.84. The number of carboxylic acid groups (broad SMARTS) is 1. The third-order valence-corrected chi connectivity index (χ3v) is 3.24. The van der Waals surface area contributed by atoms with Crippen LogP contribution in [0.2, 0.25) is 10.0 Å². The molecule has 1 aromatic heterocycles. The van der Waals surface area contributed by atoms with Crippen LogP contribution in [-0.4, -0.2) is 28.2 Å². The zero-order valence-corrected chi connectivity index (χ0v) is 12.0. The van der Waals surface area contributed by atoms with E-state index < -0.39 is 17.5 Å². The van der Waals surface area contributed by atoms with Gasteiger partial charge in [-0.25, -0.2) is 19.2 Å². The summed E-state index contributed by atoms with van der Waals surface area (Å²) >= 11 is 11.5. The van der Waals surface area contributed by atoms with Gasteiger partial charge in [-0.3, -0.25) is 0 Å². The molecule has 2 rings (SSSR count). The molecule has 0 aliphatic heterocycles. The van der Waals surface area contributed by atoms with Gasteiger partial charge in [-0.15, -0.1) is 0 Å². The molecular weight excluding hydrogens is 324 g/mol. The number of ether oxygens (including phenoxy) is 1. The first-order chi connectivity index (χ1) is 9.86. The first-order valence-electron chi connectivity index (χ1n) is 5.45. The van der Waals surface area contributed by atoms with Crippen LogP contribution in [0.4, 0.5) is 10.2 Å². The number of nitrogen functional groups attached to an aromatic ring is 1. The Morgan fingerprint density at radius 2 is 2.05 bits per heavy atom. The third kappa shape index (κ3) is 2.70. The summed E-state index contributed by atoms with van der Waals surface area (Å²) < 4.78 is 19.1. The summed E-state index contributed by atoms with van der Waals surface area (Å²) in [5.74, 6) is -2.95. The smallest absolute Gasteiger partial charge is 0.356 e. The number of aromatic carboxylic acids is 1. The number of hydrogen-bond donors (Lipinski definition) is 2. The van der Waals surface area contributed by atoms with E-state index in [1.807, 2.05) is 0 Å². The number of hydrogen-bond acceptors (Lipinski definition) is 5. The van der Waals surface area contributed by atoms with Gasteiger partial charge in [0.25, 0.3) is 0 Å². The van der Waals surface area contributed by atoms with E-state index in [1.165, 1.54) is 19.2 Å². The highest BCUT2D eigenvalue weighted by Crippen LogP contribution is 2.34. The van der Waals surface area contributed by atoms with Gasteiger partial charge in [0.1, 0.15) is 10.8 Å². The fourth-order valence-electron chi connectivity index (χ4n) is 1.62. The lowest BCUT2D eigenvalue weighted by Crippen LogP contribution is -2.08. The van der Waals surface area contributed by atoms with Gasteiger partial charge in [-0.1, -0.05) is 23.2 Å². The maximum Gasteiger partial charge on any atom is 0.356 e. The van der Waals surface area contributed by atoms with Gasteiger partial charge in [0.05, 0.1) is 17.7 Å². The van der Waals surface area contributed by atoms with E-state index in [-0.39, 0.29) is 33.0 Å². The second-order valence-corrected chi connectivity index (χ2v) is 4.63. The molecule has 110 valence electrons. The molecule has 0 aliphatic carbocycles. The summed E-state index contributed by atoms with van der Waals surface area (Å²) in [6.45, 7) is 0. The van der Waals surface area contributed by atoms with Crippen molar-refractivity contribution in [1.82, 2.24) is 9.97 Å². The first kappa shape index (κ1) is 15.3. The van der Waals surface area contributed by atoms with Gasteiger partial charge < -0.3 is 15.6 Å². The number of benzene rings is 1. The molecule has 1 aromatic carbocycles. The van der Waals surface area contributed by atoms with Crippen LogP contribution in [0.5, 0.6) is 5.75 Å². The fraction of sp³-hybridized carbons (Fsp3) is 0.0833. The summed E-state index contributed by atoms with van der Waals surface area (Å²) in [5, 5.41) is 8.75. The summed E-state index contributed by atoms with van der Waals surface area (Å²) in [4.78, 5) is 18.5. The SMILES string of the molecule is COc1c(Cl)ccc(-c2nc(N)c(Cl)c(C(=O)O)n2)c1F. The molecule has 3 N–H and O–H groups in total. The largest absolute Gasteiger partial charge is 0.492 e. The average Bonchev–Trinajstić information content (AvgIpc) is 2.42. The van der Waals surface area contributed by atoms with Gasteiger partial charge >= 0.3 is 5.97 Å². The second kappa shape index (κ2) is 5.71. The minimum Gasteiger partial charge on any atom is -0.492 e. The predicted octanol–water partition coefficient (Wildman–Crippen LogP) is 2.88. The Morgan fingerprint density at radius 1 is 1.38 bits per heavy atom. The van der Waals surface area contributed by atoms with Crippen molar-refractivity contribution in [2.45, 2.75) is 0 Å². The standard InChI is InChI=1S/C12H8Cl2FN3O3/c1-21-9-5(13)3-2-4(7(9)15)11-17-8(12(19)20)6(14)10(16)18-11/h2-3H,1H3,(H,19,20)(H2,16,17,18). The van der Waals surface area contributed by atoms with Crippen molar-refractivity contribution in [3.8, 4) is 17.1 Å². The Morgan fingerprint density at radius 3 is 2.62 bits per heavy atom. The molecule has 0 bridgehead atoms. The molecular formula is C12H8Cl2FN3O3. The Kier molecular flexibility index (Phi) is 4.15. The zero-order valence-electron chi connectivity index (χ0n) is 10.5. The highest BCUT2D eigenvalue weighted by Gasteiger charge is 2.21. The summed E-state index contributed by atoms with van der Waals surface area (Å²) in [6.07, 6.45) is 0. The molecule has 0 saturated carbocycles. The van der Waals surface area contributed by atoms with Crippen LogP contribution in [0.1, 0.15) is 10.5 Å². The minimum atomic E-state index is -1.41. The van der Waals surface area contributed by atoms with Crippen LogP contribution < -0.4 is 10.5 Å². The van der Waals surface area contributed by atoms with Crippen molar-refractivity contribution in [3.05, 3.63) is 33.7 Å². The Bertz CT molecular complexity index is 740. The molecule has 0 amide bonds. The lowest BCUT2D eigenvalue weighted by atomic mass is 10.1. The lowest BCUT2D eigenvalue weighted by Gasteiger charge is -2.10. The topological polar surface area (TPSA) is 98.3 Å². The number of rotatable bonds is 3. The molecule has 2 aromatic rings. The Balaban J connectivity index is 2.71. The molecule has 0 radical (unpaired) electrons. The highest BCUT2D eigenvalue weighted by molar-refractivity contribution is 6.35. The number of methoxy groups -OCH3 is 1. The monoisotopic (exact) mass is 331 g/mol. The van der Waals surface area contributed by atoms with Crippen molar-refractivity contribution < 1.29 is 19.0 Å². The van der Waals surface area contributed by atoms with E-state index in [9.17, 15) is 9.18 Å².